The number of benzene rings is 1. The molecule has 1 aromatic carbocycles. The molecule has 0 aromatic heterocycles. The van der Waals surface area contributed by atoms with Crippen LogP contribution < -0.4 is 0 Å². The lowest BCUT2D eigenvalue weighted by Crippen LogP contribution is -2.09. The van der Waals surface area contributed by atoms with Gasteiger partial charge in [0.05, 0.1) is 13.5 Å². The minimum absolute atomic E-state index is 0.157. The highest BCUT2D eigenvalue weighted by molar-refractivity contribution is 5.70. The van der Waals surface area contributed by atoms with E-state index in [1.54, 1.807) is 0 Å². The van der Waals surface area contributed by atoms with Crippen molar-refractivity contribution in [1.82, 2.24) is 0 Å². The van der Waals surface area contributed by atoms with E-state index in [1.165, 1.54) is 14.0 Å². The Hall–Kier alpha value is -1.52. The average molecular weight is 232 g/mol. The second kappa shape index (κ2) is 5.01. The SMILES string of the molecule is COC(=O)CC(C)c1c(F)cc(F)cc1F. The maximum absolute atomic E-state index is 13.3. The zero-order chi connectivity index (χ0) is 12.3. The first-order valence-electron chi connectivity index (χ1n) is 4.67. The van der Waals surface area contributed by atoms with Crippen molar-refractivity contribution >= 4 is 5.97 Å². The monoisotopic (exact) mass is 232 g/mol. The van der Waals surface area contributed by atoms with Crippen LogP contribution in [0.3, 0.4) is 0 Å². The Morgan fingerprint density at radius 2 is 1.81 bits per heavy atom. The van der Waals surface area contributed by atoms with Gasteiger partial charge in [0, 0.05) is 17.7 Å². The van der Waals surface area contributed by atoms with Crippen molar-refractivity contribution in [1.29, 1.82) is 0 Å². The third-order valence-corrected chi connectivity index (χ3v) is 2.24. The third-order valence-electron chi connectivity index (χ3n) is 2.24. The molecule has 2 nitrogen and oxygen atoms in total. The van der Waals surface area contributed by atoms with Gasteiger partial charge in [-0.1, -0.05) is 6.92 Å². The number of ether oxygens (including phenoxy) is 1. The number of carbonyl (C=O) groups excluding carboxylic acids is 1. The van der Waals surface area contributed by atoms with Crippen LogP contribution in [0.4, 0.5) is 13.2 Å². The molecule has 0 aliphatic carbocycles. The lowest BCUT2D eigenvalue weighted by molar-refractivity contribution is -0.141. The van der Waals surface area contributed by atoms with Crippen molar-refractivity contribution in [3.05, 3.63) is 35.1 Å². The lowest BCUT2D eigenvalue weighted by atomic mass is 9.96. The Kier molecular flexibility index (Phi) is 3.93. The summed E-state index contributed by atoms with van der Waals surface area (Å²) in [5.74, 6) is -4.24. The van der Waals surface area contributed by atoms with Gasteiger partial charge in [0.1, 0.15) is 17.5 Å². The summed E-state index contributed by atoms with van der Waals surface area (Å²) >= 11 is 0. The fourth-order valence-electron chi connectivity index (χ4n) is 1.46. The topological polar surface area (TPSA) is 26.3 Å². The van der Waals surface area contributed by atoms with Crippen LogP contribution in [0.15, 0.2) is 12.1 Å². The number of hydrogen-bond donors (Lipinski definition) is 0. The molecule has 1 atom stereocenters. The van der Waals surface area contributed by atoms with Crippen molar-refractivity contribution < 1.29 is 22.7 Å². The number of methoxy groups -OCH3 is 1. The smallest absolute Gasteiger partial charge is 0.306 e. The molecule has 5 heteroatoms. The van der Waals surface area contributed by atoms with Crippen LogP contribution in [0.25, 0.3) is 0 Å². The molecule has 0 heterocycles. The van der Waals surface area contributed by atoms with Crippen LogP contribution in [0.1, 0.15) is 24.8 Å². The van der Waals surface area contributed by atoms with Crippen molar-refractivity contribution in [2.24, 2.45) is 0 Å². The van der Waals surface area contributed by atoms with E-state index in [0.29, 0.717) is 12.1 Å². The number of esters is 1. The first-order valence-corrected chi connectivity index (χ1v) is 4.67. The molecule has 0 bridgehead atoms. The molecule has 0 radical (unpaired) electrons. The maximum atomic E-state index is 13.3. The predicted octanol–water partition coefficient (Wildman–Crippen LogP) is 2.77. The molecule has 1 rings (SSSR count). The highest BCUT2D eigenvalue weighted by atomic mass is 19.1. The van der Waals surface area contributed by atoms with Gasteiger partial charge in [-0.3, -0.25) is 4.79 Å². The molecule has 0 fully saturated rings. The van der Waals surface area contributed by atoms with Crippen molar-refractivity contribution in [3.63, 3.8) is 0 Å². The van der Waals surface area contributed by atoms with E-state index >= 15 is 0 Å². The lowest BCUT2D eigenvalue weighted by Gasteiger charge is -2.12. The van der Waals surface area contributed by atoms with Gasteiger partial charge in [0.15, 0.2) is 0 Å². The zero-order valence-corrected chi connectivity index (χ0v) is 8.89. The van der Waals surface area contributed by atoms with Crippen LogP contribution in [-0.4, -0.2) is 13.1 Å². The van der Waals surface area contributed by atoms with Crippen LogP contribution >= 0.6 is 0 Å². The van der Waals surface area contributed by atoms with E-state index in [2.05, 4.69) is 4.74 Å². The second-order valence-electron chi connectivity index (χ2n) is 3.46. The van der Waals surface area contributed by atoms with Crippen LogP contribution in [0.2, 0.25) is 0 Å². The van der Waals surface area contributed by atoms with Gasteiger partial charge in [0.2, 0.25) is 0 Å². The highest BCUT2D eigenvalue weighted by Crippen LogP contribution is 2.26. The summed E-state index contributed by atoms with van der Waals surface area (Å²) in [5, 5.41) is 0. The maximum Gasteiger partial charge on any atom is 0.306 e. The normalized spacial score (nSPS) is 12.3. The Morgan fingerprint density at radius 3 is 2.25 bits per heavy atom. The third kappa shape index (κ3) is 2.74. The summed E-state index contributed by atoms with van der Waals surface area (Å²) in [7, 11) is 1.19. The first kappa shape index (κ1) is 12.5. The Morgan fingerprint density at radius 1 is 1.31 bits per heavy atom. The number of rotatable bonds is 3. The van der Waals surface area contributed by atoms with Crippen molar-refractivity contribution in [3.8, 4) is 0 Å². The van der Waals surface area contributed by atoms with Gasteiger partial charge in [-0.25, -0.2) is 13.2 Å². The van der Waals surface area contributed by atoms with Crippen LogP contribution in [-0.2, 0) is 9.53 Å². The van der Waals surface area contributed by atoms with E-state index in [1.807, 2.05) is 0 Å². The summed E-state index contributed by atoms with van der Waals surface area (Å²) in [6, 6.07) is 1.18. The first-order chi connectivity index (χ1) is 7.45. The van der Waals surface area contributed by atoms with Gasteiger partial charge >= 0.3 is 5.97 Å². The van der Waals surface area contributed by atoms with Crippen molar-refractivity contribution in [2.45, 2.75) is 19.3 Å². The fourth-order valence-corrected chi connectivity index (χ4v) is 1.46. The summed E-state index contributed by atoms with van der Waals surface area (Å²) < 4.78 is 43.6. The Labute approximate surface area is 91.0 Å². The summed E-state index contributed by atoms with van der Waals surface area (Å²) in [5.41, 5.74) is -0.299. The fraction of sp³-hybridized carbons (Fsp3) is 0.364. The quantitative estimate of drug-likeness (QED) is 0.749. The molecular formula is C11H11F3O2. The number of hydrogen-bond acceptors (Lipinski definition) is 2. The Balaban J connectivity index is 2.99. The van der Waals surface area contributed by atoms with E-state index < -0.39 is 29.3 Å². The van der Waals surface area contributed by atoms with Crippen LogP contribution in [0, 0.1) is 17.5 Å². The van der Waals surface area contributed by atoms with E-state index in [4.69, 9.17) is 0 Å². The second-order valence-corrected chi connectivity index (χ2v) is 3.46. The molecule has 1 unspecified atom stereocenters. The van der Waals surface area contributed by atoms with E-state index in [0.717, 1.165) is 0 Å². The van der Waals surface area contributed by atoms with Crippen molar-refractivity contribution in [2.75, 3.05) is 7.11 Å². The summed E-state index contributed by atoms with van der Waals surface area (Å²) in [4.78, 5) is 10.9. The van der Waals surface area contributed by atoms with E-state index in [-0.39, 0.29) is 12.0 Å². The molecule has 0 saturated heterocycles. The summed E-state index contributed by atoms with van der Waals surface area (Å²) in [6.45, 7) is 1.47. The number of carbonyl (C=O) groups is 1. The molecule has 1 aromatic rings. The molecule has 0 saturated carbocycles. The highest BCUT2D eigenvalue weighted by Gasteiger charge is 2.20. The predicted molar refractivity (Wildman–Crippen MR) is 51.4 cm³/mol. The zero-order valence-electron chi connectivity index (χ0n) is 8.89. The average Bonchev–Trinajstić information content (AvgIpc) is 2.15. The standard InChI is InChI=1S/C11H11F3O2/c1-6(3-10(15)16-2)11-8(13)4-7(12)5-9(11)14/h4-6H,3H2,1-2H3. The minimum atomic E-state index is -0.992. The molecule has 16 heavy (non-hydrogen) atoms. The van der Waals surface area contributed by atoms with Crippen LogP contribution in [0.5, 0.6) is 0 Å². The summed E-state index contributed by atoms with van der Waals surface area (Å²) in [6.07, 6.45) is -0.157. The van der Waals surface area contributed by atoms with Gasteiger partial charge in [0.25, 0.3) is 0 Å². The molecule has 0 aliphatic rings. The van der Waals surface area contributed by atoms with Gasteiger partial charge < -0.3 is 4.74 Å². The minimum Gasteiger partial charge on any atom is -0.469 e. The largest absolute Gasteiger partial charge is 0.469 e. The molecular weight excluding hydrogens is 221 g/mol. The Bertz CT molecular complexity index is 381. The van der Waals surface area contributed by atoms with Gasteiger partial charge in [-0.05, 0) is 5.92 Å². The molecule has 88 valence electrons. The van der Waals surface area contributed by atoms with Gasteiger partial charge in [-0.15, -0.1) is 0 Å². The number of halogens is 3. The van der Waals surface area contributed by atoms with E-state index in [9.17, 15) is 18.0 Å². The van der Waals surface area contributed by atoms with Gasteiger partial charge in [-0.2, -0.15) is 0 Å². The molecule has 0 N–H and O–H groups in total. The molecule has 0 aliphatic heterocycles. The molecule has 0 spiro atoms. The molecule has 0 amide bonds.